The third-order valence-corrected chi connectivity index (χ3v) is 8.08. The first-order chi connectivity index (χ1) is 16.2. The summed E-state index contributed by atoms with van der Waals surface area (Å²) in [7, 11) is 3.05. The van der Waals surface area contributed by atoms with Crippen LogP contribution in [0.5, 0.6) is 0 Å². The summed E-state index contributed by atoms with van der Waals surface area (Å²) in [6.07, 6.45) is -5.81. The maximum atomic E-state index is 13.5. The van der Waals surface area contributed by atoms with Crippen molar-refractivity contribution in [1.82, 2.24) is 9.34 Å². The van der Waals surface area contributed by atoms with Gasteiger partial charge in [0.1, 0.15) is 24.4 Å². The minimum absolute atomic E-state index is 0.00656. The molecule has 0 aromatic heterocycles. The van der Waals surface area contributed by atoms with Gasteiger partial charge in [-0.05, 0) is 39.3 Å². The molecule has 0 unspecified atom stereocenters. The summed E-state index contributed by atoms with van der Waals surface area (Å²) >= 11 is 0. The van der Waals surface area contributed by atoms with Gasteiger partial charge in [-0.25, -0.2) is 9.34 Å². The second-order valence-electron chi connectivity index (χ2n) is 8.58. The van der Waals surface area contributed by atoms with Gasteiger partial charge >= 0.3 is 7.67 Å². The van der Waals surface area contributed by atoms with Crippen LogP contribution < -0.4 is 0 Å². The minimum atomic E-state index is -3.48. The second-order valence-corrected chi connectivity index (χ2v) is 11.4. The molecule has 2 aromatic carbocycles. The highest BCUT2D eigenvalue weighted by Gasteiger charge is 2.49. The summed E-state index contributed by atoms with van der Waals surface area (Å²) in [5, 5.41) is 21.7. The van der Waals surface area contributed by atoms with Gasteiger partial charge in [0, 0.05) is 0 Å². The number of hydrogen-bond acceptors (Lipinski definition) is 7. The van der Waals surface area contributed by atoms with E-state index in [4.69, 9.17) is 18.7 Å². The zero-order chi connectivity index (χ0) is 24.7. The zero-order valence-corrected chi connectivity index (χ0v) is 21.0. The van der Waals surface area contributed by atoms with Gasteiger partial charge in [-0.1, -0.05) is 60.7 Å². The van der Waals surface area contributed by atoms with Gasteiger partial charge in [0.15, 0.2) is 6.29 Å². The molecule has 0 saturated carbocycles. The van der Waals surface area contributed by atoms with E-state index in [0.29, 0.717) is 6.61 Å². The van der Waals surface area contributed by atoms with Gasteiger partial charge in [0.2, 0.25) is 0 Å². The van der Waals surface area contributed by atoms with Crippen LogP contribution in [0, 0.1) is 0 Å². The monoisotopic (exact) mass is 494 g/mol. The molecule has 0 radical (unpaired) electrons. The van der Waals surface area contributed by atoms with Crippen LogP contribution in [0.3, 0.4) is 0 Å². The summed E-state index contributed by atoms with van der Waals surface area (Å²) in [5.74, 6) is 0. The van der Waals surface area contributed by atoms with Crippen LogP contribution in [0.4, 0.5) is 0 Å². The maximum Gasteiger partial charge on any atom is 0.347 e. The number of aliphatic hydroxyl groups excluding tert-OH is 2. The Morgan fingerprint density at radius 3 is 1.91 bits per heavy atom. The lowest BCUT2D eigenvalue weighted by Crippen LogP contribution is -2.60. The van der Waals surface area contributed by atoms with Crippen molar-refractivity contribution in [3.63, 3.8) is 0 Å². The first-order valence-corrected chi connectivity index (χ1v) is 12.7. The third-order valence-electron chi connectivity index (χ3n) is 5.58. The van der Waals surface area contributed by atoms with Crippen molar-refractivity contribution in [2.45, 2.75) is 43.9 Å². The molecule has 1 saturated heterocycles. The van der Waals surface area contributed by atoms with E-state index in [-0.39, 0.29) is 13.2 Å². The van der Waals surface area contributed by atoms with Crippen molar-refractivity contribution in [3.8, 4) is 0 Å². The molecular formula is C24H35N2O7P. The van der Waals surface area contributed by atoms with E-state index in [1.54, 1.807) is 28.2 Å². The van der Waals surface area contributed by atoms with Gasteiger partial charge in [-0.3, -0.25) is 9.09 Å². The zero-order valence-electron chi connectivity index (χ0n) is 20.1. The Kier molecular flexibility index (Phi) is 9.79. The number of benzene rings is 2. The van der Waals surface area contributed by atoms with Crippen LogP contribution in [0.1, 0.15) is 11.1 Å². The Morgan fingerprint density at radius 2 is 1.38 bits per heavy atom. The highest BCUT2D eigenvalue weighted by atomic mass is 31.2. The van der Waals surface area contributed by atoms with Crippen LogP contribution in [-0.4, -0.2) is 85.1 Å². The summed E-state index contributed by atoms with van der Waals surface area (Å²) < 4.78 is 40.0. The predicted molar refractivity (Wildman–Crippen MR) is 128 cm³/mol. The summed E-state index contributed by atoms with van der Waals surface area (Å²) in [6, 6.07) is 19.0. The van der Waals surface area contributed by atoms with Crippen molar-refractivity contribution in [2.75, 3.05) is 34.8 Å². The van der Waals surface area contributed by atoms with Crippen molar-refractivity contribution >= 4 is 7.67 Å². The third kappa shape index (κ3) is 6.73. The molecular weight excluding hydrogens is 459 g/mol. The smallest absolute Gasteiger partial charge is 0.347 e. The van der Waals surface area contributed by atoms with Crippen LogP contribution in [0.25, 0.3) is 0 Å². The molecule has 10 heteroatoms. The second kappa shape index (κ2) is 12.4. The van der Waals surface area contributed by atoms with Gasteiger partial charge < -0.3 is 24.4 Å². The van der Waals surface area contributed by atoms with E-state index in [0.717, 1.165) is 11.1 Å². The van der Waals surface area contributed by atoms with Crippen LogP contribution in [-0.2, 0) is 36.5 Å². The van der Waals surface area contributed by atoms with Crippen LogP contribution in [0.15, 0.2) is 60.7 Å². The highest BCUT2D eigenvalue weighted by molar-refractivity contribution is 7.53. The lowest BCUT2D eigenvalue weighted by atomic mass is 9.99. The molecule has 0 spiro atoms. The van der Waals surface area contributed by atoms with Crippen LogP contribution in [0.2, 0.25) is 0 Å². The maximum absolute atomic E-state index is 13.5. The molecule has 0 bridgehead atoms. The van der Waals surface area contributed by atoms with E-state index >= 15 is 0 Å². The standard InChI is InChI=1S/C24H35N2O7P/c1-25(2)34(29,26(3)4)33-24-23(31-16-19-13-9-6-10-14-19)22(28)21(27)20(32-24)17-30-15-18-11-7-5-8-12-18/h5-14,20-24,27-28H,15-17H2,1-4H3/t20-,21+,22+,23-,24-/m1/s1. The summed E-state index contributed by atoms with van der Waals surface area (Å²) in [4.78, 5) is 0. The Hall–Kier alpha value is -1.65. The molecule has 188 valence electrons. The van der Waals surface area contributed by atoms with E-state index in [1.165, 1.54) is 9.34 Å². The quantitative estimate of drug-likeness (QED) is 0.456. The summed E-state index contributed by atoms with van der Waals surface area (Å²) in [6.45, 7) is 0.478. The molecule has 9 nitrogen and oxygen atoms in total. The molecule has 1 fully saturated rings. The molecule has 34 heavy (non-hydrogen) atoms. The topological polar surface area (TPSA) is 101 Å². The Labute approximate surface area is 201 Å². The molecule has 2 N–H and O–H groups in total. The lowest BCUT2D eigenvalue weighted by molar-refractivity contribution is -0.293. The molecule has 1 aliphatic heterocycles. The fourth-order valence-corrected chi connectivity index (χ4v) is 5.15. The molecule has 2 aromatic rings. The average molecular weight is 495 g/mol. The number of ether oxygens (including phenoxy) is 3. The van der Waals surface area contributed by atoms with Crippen molar-refractivity contribution in [1.29, 1.82) is 0 Å². The molecule has 5 atom stereocenters. The number of hydrogen-bond donors (Lipinski definition) is 2. The minimum Gasteiger partial charge on any atom is -0.387 e. The first-order valence-electron chi connectivity index (χ1n) is 11.1. The van der Waals surface area contributed by atoms with Gasteiger partial charge in [0.25, 0.3) is 0 Å². The average Bonchev–Trinajstić information content (AvgIpc) is 2.83. The number of aliphatic hydroxyl groups is 2. The van der Waals surface area contributed by atoms with Gasteiger partial charge in [-0.2, -0.15) is 0 Å². The Balaban J connectivity index is 1.75. The normalized spacial score (nSPS) is 25.7. The van der Waals surface area contributed by atoms with Crippen molar-refractivity contribution < 1.29 is 33.5 Å². The lowest BCUT2D eigenvalue weighted by Gasteiger charge is -2.44. The SMILES string of the molecule is CN(C)P(=O)(O[C@H]1O[C@H](COCc2ccccc2)[C@H](O)[C@H](O)[C@H]1OCc1ccccc1)N(C)C. The fourth-order valence-electron chi connectivity index (χ4n) is 3.62. The van der Waals surface area contributed by atoms with Crippen LogP contribution >= 0.6 is 7.67 Å². The molecule has 0 amide bonds. The predicted octanol–water partition coefficient (Wildman–Crippen LogP) is 2.48. The molecule has 3 rings (SSSR count). The summed E-state index contributed by atoms with van der Waals surface area (Å²) in [5.41, 5.74) is 1.84. The Morgan fingerprint density at radius 1 is 0.853 bits per heavy atom. The van der Waals surface area contributed by atoms with E-state index < -0.39 is 38.4 Å². The van der Waals surface area contributed by atoms with E-state index in [9.17, 15) is 14.8 Å². The number of nitrogens with zero attached hydrogens (tertiary/aromatic N) is 2. The van der Waals surface area contributed by atoms with Gasteiger partial charge in [0.05, 0.1) is 19.8 Å². The largest absolute Gasteiger partial charge is 0.387 e. The first kappa shape index (κ1) is 26.9. The number of rotatable bonds is 11. The van der Waals surface area contributed by atoms with Gasteiger partial charge in [-0.15, -0.1) is 0 Å². The molecule has 0 aliphatic carbocycles. The van der Waals surface area contributed by atoms with E-state index in [2.05, 4.69) is 0 Å². The van der Waals surface area contributed by atoms with Crippen molar-refractivity contribution in [2.24, 2.45) is 0 Å². The van der Waals surface area contributed by atoms with Crippen molar-refractivity contribution in [3.05, 3.63) is 71.8 Å². The Bertz CT molecular complexity index is 902. The molecule has 1 heterocycles. The van der Waals surface area contributed by atoms with E-state index in [1.807, 2.05) is 60.7 Å². The highest BCUT2D eigenvalue weighted by Crippen LogP contribution is 2.53. The fraction of sp³-hybridized carbons (Fsp3) is 0.500. The molecule has 1 aliphatic rings.